The van der Waals surface area contributed by atoms with E-state index >= 15 is 0 Å². The summed E-state index contributed by atoms with van der Waals surface area (Å²) in [6, 6.07) is 0.206. The summed E-state index contributed by atoms with van der Waals surface area (Å²) in [4.78, 5) is 24.8. The molecular weight excluding hydrogens is 208 g/mol. The second-order valence-electron chi connectivity index (χ2n) is 4.31. The van der Waals surface area contributed by atoms with Gasteiger partial charge >= 0.3 is 0 Å². The Bertz CT molecular complexity index is 340. The van der Waals surface area contributed by atoms with Crippen molar-refractivity contribution >= 4 is 17.5 Å². The van der Waals surface area contributed by atoms with E-state index in [1.807, 2.05) is 7.05 Å². The number of carbonyl (C=O) groups is 2. The first kappa shape index (κ1) is 11.1. The fourth-order valence-corrected chi connectivity index (χ4v) is 1.96. The van der Waals surface area contributed by atoms with Gasteiger partial charge in [0.25, 0.3) is 5.91 Å². The molecule has 1 saturated heterocycles. The van der Waals surface area contributed by atoms with Crippen LogP contribution in [-0.2, 0) is 9.59 Å². The Kier molecular flexibility index (Phi) is 3.19. The first-order chi connectivity index (χ1) is 7.65. The number of nitrogens with zero attached hydrogens (tertiary/aromatic N) is 2. The number of likely N-dealkylation sites (tertiary alicyclic amines) is 1. The molecule has 0 aromatic heterocycles. The molecular formula is C10H16N4O2. The molecule has 0 spiro atoms. The normalized spacial score (nSPS) is 26.2. The van der Waals surface area contributed by atoms with E-state index < -0.39 is 0 Å². The molecule has 0 aromatic rings. The summed E-state index contributed by atoms with van der Waals surface area (Å²) in [5, 5.41) is 6.69. The third-order valence-electron chi connectivity index (χ3n) is 2.89. The predicted octanol–water partition coefficient (Wildman–Crippen LogP) is -0.927. The van der Waals surface area contributed by atoms with E-state index in [2.05, 4.69) is 20.7 Å². The quantitative estimate of drug-likeness (QED) is 0.636. The van der Waals surface area contributed by atoms with Gasteiger partial charge in [0.1, 0.15) is 5.71 Å². The number of likely N-dealkylation sites (N-methyl/N-ethyl adjacent to an activating group) is 1. The monoisotopic (exact) mass is 224 g/mol. The zero-order valence-electron chi connectivity index (χ0n) is 9.32. The maximum absolute atomic E-state index is 11.8. The number of nitrogens with one attached hydrogen (secondary N) is 2. The molecule has 0 radical (unpaired) electrons. The molecule has 2 aliphatic rings. The van der Waals surface area contributed by atoms with Gasteiger partial charge in [-0.25, -0.2) is 5.43 Å². The minimum Gasteiger partial charge on any atom is -0.347 e. The van der Waals surface area contributed by atoms with Gasteiger partial charge in [0.2, 0.25) is 5.91 Å². The number of hydrogen-bond donors (Lipinski definition) is 2. The number of hydrogen-bond acceptors (Lipinski definition) is 4. The van der Waals surface area contributed by atoms with Crippen LogP contribution in [0, 0.1) is 0 Å². The van der Waals surface area contributed by atoms with Crippen molar-refractivity contribution in [1.29, 1.82) is 0 Å². The Morgan fingerprint density at radius 3 is 2.94 bits per heavy atom. The van der Waals surface area contributed by atoms with E-state index in [-0.39, 0.29) is 17.9 Å². The average molecular weight is 224 g/mol. The minimum absolute atomic E-state index is 0.128. The molecule has 0 saturated carbocycles. The van der Waals surface area contributed by atoms with Crippen molar-refractivity contribution in [1.82, 2.24) is 15.6 Å². The fourth-order valence-electron chi connectivity index (χ4n) is 1.96. The fraction of sp³-hybridized carbons (Fsp3) is 0.700. The molecule has 6 nitrogen and oxygen atoms in total. The third-order valence-corrected chi connectivity index (χ3v) is 2.89. The Labute approximate surface area is 94.1 Å². The summed E-state index contributed by atoms with van der Waals surface area (Å²) in [6.45, 7) is 1.89. The van der Waals surface area contributed by atoms with Crippen LogP contribution < -0.4 is 10.7 Å². The molecule has 88 valence electrons. The van der Waals surface area contributed by atoms with Crippen LogP contribution in [0.2, 0.25) is 0 Å². The summed E-state index contributed by atoms with van der Waals surface area (Å²) < 4.78 is 0. The number of rotatable bonds is 2. The largest absolute Gasteiger partial charge is 0.347 e. The van der Waals surface area contributed by atoms with Crippen LogP contribution in [0.4, 0.5) is 0 Å². The van der Waals surface area contributed by atoms with Crippen molar-refractivity contribution in [2.24, 2.45) is 5.10 Å². The van der Waals surface area contributed by atoms with Gasteiger partial charge in [0.15, 0.2) is 0 Å². The topological polar surface area (TPSA) is 73.8 Å². The molecule has 6 heteroatoms. The maximum atomic E-state index is 11.8. The van der Waals surface area contributed by atoms with Gasteiger partial charge in [0.05, 0.1) is 0 Å². The molecule has 2 aliphatic heterocycles. The highest BCUT2D eigenvalue weighted by atomic mass is 16.2. The van der Waals surface area contributed by atoms with E-state index in [9.17, 15) is 9.59 Å². The SMILES string of the molecule is CN1CCC(NC(=O)C2=NNC(=O)CC2)C1. The molecule has 1 fully saturated rings. The van der Waals surface area contributed by atoms with Gasteiger partial charge in [-0.2, -0.15) is 5.10 Å². The first-order valence-corrected chi connectivity index (χ1v) is 5.50. The molecule has 2 heterocycles. The summed E-state index contributed by atoms with van der Waals surface area (Å²) in [5.74, 6) is -0.280. The molecule has 2 amide bonds. The lowest BCUT2D eigenvalue weighted by atomic mass is 10.1. The molecule has 1 atom stereocenters. The molecule has 16 heavy (non-hydrogen) atoms. The Morgan fingerprint density at radius 2 is 2.38 bits per heavy atom. The van der Waals surface area contributed by atoms with Crippen molar-refractivity contribution in [2.75, 3.05) is 20.1 Å². The van der Waals surface area contributed by atoms with Gasteiger partial charge in [-0.05, 0) is 20.0 Å². The van der Waals surface area contributed by atoms with Crippen LogP contribution in [-0.4, -0.2) is 48.6 Å². The number of carbonyl (C=O) groups excluding carboxylic acids is 2. The standard InChI is InChI=1S/C10H16N4O2/c1-14-5-4-7(6-14)11-10(16)8-2-3-9(15)13-12-8/h7H,2-6H2,1H3,(H,11,16)(H,13,15). The Morgan fingerprint density at radius 1 is 1.56 bits per heavy atom. The van der Waals surface area contributed by atoms with E-state index in [4.69, 9.17) is 0 Å². The van der Waals surface area contributed by atoms with Crippen molar-refractivity contribution in [3.63, 3.8) is 0 Å². The third kappa shape index (κ3) is 2.57. The lowest BCUT2D eigenvalue weighted by Crippen LogP contribution is -2.42. The Hall–Kier alpha value is -1.43. The first-order valence-electron chi connectivity index (χ1n) is 5.50. The maximum Gasteiger partial charge on any atom is 0.267 e. The molecule has 0 aromatic carbocycles. The van der Waals surface area contributed by atoms with Crippen molar-refractivity contribution in [3.8, 4) is 0 Å². The molecule has 0 aliphatic carbocycles. The van der Waals surface area contributed by atoms with Gasteiger partial charge in [0, 0.05) is 25.4 Å². The van der Waals surface area contributed by atoms with Crippen LogP contribution in [0.1, 0.15) is 19.3 Å². The number of amides is 2. The van der Waals surface area contributed by atoms with Gasteiger partial charge in [-0.3, -0.25) is 9.59 Å². The van der Waals surface area contributed by atoms with Gasteiger partial charge in [-0.1, -0.05) is 0 Å². The zero-order valence-corrected chi connectivity index (χ0v) is 9.32. The van der Waals surface area contributed by atoms with Gasteiger partial charge < -0.3 is 10.2 Å². The van der Waals surface area contributed by atoms with E-state index in [1.165, 1.54) is 0 Å². The highest BCUT2D eigenvalue weighted by Gasteiger charge is 2.24. The average Bonchev–Trinajstić information content (AvgIpc) is 2.65. The lowest BCUT2D eigenvalue weighted by molar-refractivity contribution is -0.121. The number of hydrazone groups is 1. The zero-order chi connectivity index (χ0) is 11.5. The van der Waals surface area contributed by atoms with Crippen LogP contribution >= 0.6 is 0 Å². The van der Waals surface area contributed by atoms with Gasteiger partial charge in [-0.15, -0.1) is 0 Å². The lowest BCUT2D eigenvalue weighted by Gasteiger charge is -2.15. The van der Waals surface area contributed by atoms with Crippen LogP contribution in [0.15, 0.2) is 5.10 Å². The van der Waals surface area contributed by atoms with E-state index in [0.717, 1.165) is 19.5 Å². The molecule has 2 rings (SSSR count). The van der Waals surface area contributed by atoms with Crippen molar-refractivity contribution in [2.45, 2.75) is 25.3 Å². The summed E-state index contributed by atoms with van der Waals surface area (Å²) in [5.41, 5.74) is 2.75. The van der Waals surface area contributed by atoms with E-state index in [1.54, 1.807) is 0 Å². The summed E-state index contributed by atoms with van der Waals surface area (Å²) in [7, 11) is 2.03. The second kappa shape index (κ2) is 4.61. The minimum atomic E-state index is -0.152. The highest BCUT2D eigenvalue weighted by molar-refractivity contribution is 6.39. The molecule has 1 unspecified atom stereocenters. The predicted molar refractivity (Wildman–Crippen MR) is 58.9 cm³/mol. The summed E-state index contributed by atoms with van der Waals surface area (Å²) in [6.07, 6.45) is 1.75. The van der Waals surface area contributed by atoms with Crippen molar-refractivity contribution < 1.29 is 9.59 Å². The van der Waals surface area contributed by atoms with Crippen LogP contribution in [0.3, 0.4) is 0 Å². The molecule has 0 bridgehead atoms. The summed E-state index contributed by atoms with van der Waals surface area (Å²) >= 11 is 0. The smallest absolute Gasteiger partial charge is 0.267 e. The highest BCUT2D eigenvalue weighted by Crippen LogP contribution is 2.07. The van der Waals surface area contributed by atoms with Crippen LogP contribution in [0.25, 0.3) is 0 Å². The van der Waals surface area contributed by atoms with E-state index in [0.29, 0.717) is 18.6 Å². The van der Waals surface area contributed by atoms with Crippen molar-refractivity contribution in [3.05, 3.63) is 0 Å². The second-order valence-corrected chi connectivity index (χ2v) is 4.31. The Balaban J connectivity index is 1.86. The van der Waals surface area contributed by atoms with Crippen LogP contribution in [0.5, 0.6) is 0 Å². The molecule has 2 N–H and O–H groups in total.